The Kier molecular flexibility index (Phi) is 8.22. The number of rotatable bonds is 8. The number of carbonyl (C=O) groups excluding carboxylic acids is 2. The van der Waals surface area contributed by atoms with Gasteiger partial charge in [0.25, 0.3) is 0 Å². The number of thiazole rings is 1. The number of benzene rings is 1. The normalized spacial score (nSPS) is 14.8. The van der Waals surface area contributed by atoms with Gasteiger partial charge in [-0.25, -0.2) is 19.6 Å². The van der Waals surface area contributed by atoms with Crippen LogP contribution >= 0.6 is 11.3 Å². The number of nitrogens with zero attached hydrogens (tertiary/aromatic N) is 3. The van der Waals surface area contributed by atoms with Crippen molar-refractivity contribution in [2.45, 2.75) is 33.7 Å². The average Bonchev–Trinajstić information content (AvgIpc) is 3.62. The number of esters is 1. The van der Waals surface area contributed by atoms with Crippen LogP contribution in [0, 0.1) is 12.8 Å². The van der Waals surface area contributed by atoms with E-state index in [9.17, 15) is 14.4 Å². The molecule has 3 aromatic heterocycles. The molecule has 0 radical (unpaired) electrons. The summed E-state index contributed by atoms with van der Waals surface area (Å²) in [5, 5.41) is 12.0. The Morgan fingerprint density at radius 1 is 1.18 bits per heavy atom. The lowest BCUT2D eigenvalue weighted by Gasteiger charge is -2.17. The molecule has 4 aromatic rings. The van der Waals surface area contributed by atoms with E-state index in [0.29, 0.717) is 41.5 Å². The van der Waals surface area contributed by atoms with E-state index in [-0.39, 0.29) is 23.6 Å². The lowest BCUT2D eigenvalue weighted by Crippen LogP contribution is -2.28. The van der Waals surface area contributed by atoms with E-state index in [2.05, 4.69) is 25.9 Å². The minimum atomic E-state index is -0.634. The van der Waals surface area contributed by atoms with Crippen molar-refractivity contribution < 1.29 is 14.3 Å². The van der Waals surface area contributed by atoms with Crippen molar-refractivity contribution in [2.24, 2.45) is 5.92 Å². The number of ether oxygens (including phenoxy) is 1. The molecular weight excluding hydrogens is 528 g/mol. The Bertz CT molecular complexity index is 1620. The van der Waals surface area contributed by atoms with E-state index in [1.807, 2.05) is 42.0 Å². The van der Waals surface area contributed by atoms with Crippen LogP contribution in [-0.2, 0) is 11.3 Å². The number of anilines is 1. The van der Waals surface area contributed by atoms with Crippen molar-refractivity contribution in [3.63, 3.8) is 0 Å². The zero-order valence-electron chi connectivity index (χ0n) is 22.7. The maximum Gasteiger partial charge on any atom is 0.343 e. The highest BCUT2D eigenvalue weighted by molar-refractivity contribution is 7.13. The van der Waals surface area contributed by atoms with Crippen molar-refractivity contribution in [1.29, 1.82) is 0 Å². The molecule has 3 N–H and O–H groups in total. The topological polar surface area (TPSA) is 127 Å². The minimum absolute atomic E-state index is 0.0102. The number of aromatic nitrogens is 3. The molecule has 1 fully saturated rings. The van der Waals surface area contributed by atoms with Crippen molar-refractivity contribution in [3.05, 3.63) is 63.4 Å². The Morgan fingerprint density at radius 2 is 2.02 bits per heavy atom. The van der Waals surface area contributed by atoms with Gasteiger partial charge in [-0.3, -0.25) is 10.1 Å². The Labute approximate surface area is 235 Å². The van der Waals surface area contributed by atoms with Crippen LogP contribution in [0.4, 0.5) is 10.6 Å². The minimum Gasteiger partial charge on any atom is -0.462 e. The second-order valence-corrected chi connectivity index (χ2v) is 10.6. The molecule has 0 spiro atoms. The van der Waals surface area contributed by atoms with Gasteiger partial charge in [0, 0.05) is 46.9 Å². The van der Waals surface area contributed by atoms with Gasteiger partial charge >= 0.3 is 12.0 Å². The van der Waals surface area contributed by atoms with Crippen LogP contribution in [0.25, 0.3) is 32.7 Å². The zero-order chi connectivity index (χ0) is 28.2. The molecule has 1 aromatic carbocycles. The largest absolute Gasteiger partial charge is 0.462 e. The van der Waals surface area contributed by atoms with Crippen LogP contribution in [0.2, 0.25) is 0 Å². The molecule has 208 valence electrons. The number of aryl methyl sites for hydroxylation is 1. The molecule has 40 heavy (non-hydrogen) atoms. The summed E-state index contributed by atoms with van der Waals surface area (Å²) in [6.45, 7) is 8.63. The molecule has 10 nitrogen and oxygen atoms in total. The summed E-state index contributed by atoms with van der Waals surface area (Å²) in [5.74, 6) is 0.118. The summed E-state index contributed by atoms with van der Waals surface area (Å²) < 4.78 is 7.19. The monoisotopic (exact) mass is 560 g/mol. The van der Waals surface area contributed by atoms with Crippen LogP contribution in [0.5, 0.6) is 0 Å². The lowest BCUT2D eigenvalue weighted by atomic mass is 10.0. The SMILES string of the molecule is CCNC(=O)Nc1cc(-c2nc(C)cs2)cc(-c2ccc3c(c2)c(=O)c(C(=O)OCC)cn3CC2CCNC2)n1. The van der Waals surface area contributed by atoms with Crippen LogP contribution < -0.4 is 21.4 Å². The first-order chi connectivity index (χ1) is 19.4. The van der Waals surface area contributed by atoms with Gasteiger partial charge in [0.1, 0.15) is 16.4 Å². The van der Waals surface area contributed by atoms with Gasteiger partial charge in [0.05, 0.1) is 17.8 Å². The highest BCUT2D eigenvalue weighted by atomic mass is 32.1. The first kappa shape index (κ1) is 27.5. The summed E-state index contributed by atoms with van der Waals surface area (Å²) in [6, 6.07) is 8.86. The number of hydrogen-bond donors (Lipinski definition) is 3. The number of carbonyl (C=O) groups is 2. The van der Waals surface area contributed by atoms with E-state index < -0.39 is 5.97 Å². The van der Waals surface area contributed by atoms with Crippen LogP contribution in [-0.4, -0.2) is 52.8 Å². The third-order valence-electron chi connectivity index (χ3n) is 6.76. The van der Waals surface area contributed by atoms with Gasteiger partial charge in [0.2, 0.25) is 5.43 Å². The molecule has 1 saturated heterocycles. The number of pyridine rings is 2. The highest BCUT2D eigenvalue weighted by Gasteiger charge is 2.21. The maximum absolute atomic E-state index is 13.6. The molecular formula is C29H32N6O4S. The van der Waals surface area contributed by atoms with Gasteiger partial charge in [-0.2, -0.15) is 0 Å². The quantitative estimate of drug-likeness (QED) is 0.272. The van der Waals surface area contributed by atoms with Crippen LogP contribution in [0.15, 0.2) is 46.7 Å². The first-order valence-corrected chi connectivity index (χ1v) is 14.3. The fourth-order valence-electron chi connectivity index (χ4n) is 4.88. The molecule has 1 aliphatic heterocycles. The fraction of sp³-hybridized carbons (Fsp3) is 0.345. The van der Waals surface area contributed by atoms with E-state index in [0.717, 1.165) is 41.3 Å². The van der Waals surface area contributed by atoms with Gasteiger partial charge in [0.15, 0.2) is 0 Å². The Balaban J connectivity index is 1.64. The lowest BCUT2D eigenvalue weighted by molar-refractivity contribution is 0.0524. The van der Waals surface area contributed by atoms with Gasteiger partial charge in [-0.15, -0.1) is 11.3 Å². The summed E-state index contributed by atoms with van der Waals surface area (Å²) in [5.41, 5.74) is 3.29. The highest BCUT2D eigenvalue weighted by Crippen LogP contribution is 2.31. The van der Waals surface area contributed by atoms with Crippen molar-refractivity contribution >= 4 is 40.1 Å². The molecule has 1 aliphatic rings. The number of fused-ring (bicyclic) bond motifs is 1. The van der Waals surface area contributed by atoms with E-state index >= 15 is 0 Å². The van der Waals surface area contributed by atoms with Crippen LogP contribution in [0.1, 0.15) is 36.3 Å². The number of nitrogens with one attached hydrogen (secondary N) is 3. The first-order valence-electron chi connectivity index (χ1n) is 13.4. The summed E-state index contributed by atoms with van der Waals surface area (Å²) in [6.07, 6.45) is 2.65. The molecule has 2 amide bonds. The number of amides is 2. The van der Waals surface area contributed by atoms with Crippen LogP contribution in [0.3, 0.4) is 0 Å². The predicted molar refractivity (Wildman–Crippen MR) is 157 cm³/mol. The molecule has 0 aliphatic carbocycles. The zero-order valence-corrected chi connectivity index (χ0v) is 23.6. The standard InChI is InChI=1S/C29H32N6O4S/c1-4-31-29(38)34-25-12-20(27-32-17(3)16-40-27)11-23(33-25)19-6-7-24-21(10-19)26(36)22(28(37)39-5-2)15-35(24)14-18-8-9-30-13-18/h6-7,10-12,15-16,18,30H,4-5,8-9,13-14H2,1-3H3,(H2,31,33,34,38). The molecule has 0 bridgehead atoms. The molecule has 1 unspecified atom stereocenters. The van der Waals surface area contributed by atoms with E-state index in [1.54, 1.807) is 25.3 Å². The average molecular weight is 561 g/mol. The maximum atomic E-state index is 13.6. The van der Waals surface area contributed by atoms with Crippen molar-refractivity contribution in [1.82, 2.24) is 25.2 Å². The number of urea groups is 1. The second kappa shape index (κ2) is 12.0. The van der Waals surface area contributed by atoms with Gasteiger partial charge < -0.3 is 19.9 Å². The van der Waals surface area contributed by atoms with E-state index in [4.69, 9.17) is 4.74 Å². The fourth-order valence-corrected chi connectivity index (χ4v) is 5.67. The summed E-state index contributed by atoms with van der Waals surface area (Å²) >= 11 is 1.50. The smallest absolute Gasteiger partial charge is 0.343 e. The van der Waals surface area contributed by atoms with Gasteiger partial charge in [-0.05, 0) is 70.5 Å². The van der Waals surface area contributed by atoms with Gasteiger partial charge in [-0.1, -0.05) is 6.07 Å². The molecule has 5 rings (SSSR count). The summed E-state index contributed by atoms with van der Waals surface area (Å²) in [7, 11) is 0. The Hall–Kier alpha value is -4.09. The molecule has 1 atom stereocenters. The third kappa shape index (κ3) is 5.90. The second-order valence-electron chi connectivity index (χ2n) is 9.74. The Morgan fingerprint density at radius 3 is 2.73 bits per heavy atom. The van der Waals surface area contributed by atoms with Crippen molar-refractivity contribution in [3.8, 4) is 21.8 Å². The molecule has 0 saturated carbocycles. The number of hydrogen-bond acceptors (Lipinski definition) is 8. The van der Waals surface area contributed by atoms with Crippen molar-refractivity contribution in [2.75, 3.05) is 31.6 Å². The predicted octanol–water partition coefficient (Wildman–Crippen LogP) is 4.42. The summed E-state index contributed by atoms with van der Waals surface area (Å²) in [4.78, 5) is 47.9. The molecule has 4 heterocycles. The third-order valence-corrected chi connectivity index (χ3v) is 7.77. The van der Waals surface area contributed by atoms with E-state index in [1.165, 1.54) is 11.3 Å². The molecule has 11 heteroatoms.